The number of amides is 2. The Balaban J connectivity index is 1.67. The number of anilines is 2. The van der Waals surface area contributed by atoms with E-state index < -0.39 is 0 Å². The third-order valence-electron chi connectivity index (χ3n) is 3.98. The third kappa shape index (κ3) is 4.87. The fraction of sp³-hybridized carbons (Fsp3) is 0.200. The molecule has 2 aromatic carbocycles. The molecule has 7 heteroatoms. The van der Waals surface area contributed by atoms with E-state index in [4.69, 9.17) is 11.6 Å². The maximum atomic E-state index is 12.5. The van der Waals surface area contributed by atoms with Gasteiger partial charge < -0.3 is 20.5 Å². The number of likely N-dealkylation sites (N-methyl/N-ethyl adjacent to an activating group) is 1. The Bertz CT molecular complexity index is 981. The van der Waals surface area contributed by atoms with E-state index in [0.29, 0.717) is 16.4 Å². The number of halogens is 1. The molecule has 0 atom stereocenters. The number of carbonyl (C=O) groups excluding carboxylic acids is 2. The van der Waals surface area contributed by atoms with Crippen molar-refractivity contribution in [2.75, 3.05) is 31.3 Å². The van der Waals surface area contributed by atoms with Gasteiger partial charge in [0.05, 0.1) is 18.0 Å². The van der Waals surface area contributed by atoms with E-state index in [2.05, 4.69) is 15.6 Å². The summed E-state index contributed by atoms with van der Waals surface area (Å²) in [5.41, 5.74) is 2.99. The topological polar surface area (TPSA) is 77.2 Å². The molecule has 0 unspecified atom stereocenters. The van der Waals surface area contributed by atoms with Crippen LogP contribution in [0.1, 0.15) is 5.56 Å². The maximum Gasteiger partial charge on any atom is 0.238 e. The van der Waals surface area contributed by atoms with Gasteiger partial charge in [-0.3, -0.25) is 9.59 Å². The molecule has 3 aromatic rings. The minimum atomic E-state index is -0.160. The lowest BCUT2D eigenvalue weighted by Gasteiger charge is -2.11. The Hall–Kier alpha value is -2.83. The molecule has 0 saturated heterocycles. The lowest BCUT2D eigenvalue weighted by Crippen LogP contribution is -2.27. The zero-order valence-electron chi connectivity index (χ0n) is 15.2. The molecule has 0 aliphatic carbocycles. The van der Waals surface area contributed by atoms with Crippen LogP contribution in [-0.2, 0) is 16.0 Å². The molecule has 2 amide bonds. The second-order valence-corrected chi connectivity index (χ2v) is 6.98. The van der Waals surface area contributed by atoms with Gasteiger partial charge in [-0.2, -0.15) is 0 Å². The second-order valence-electron chi connectivity index (χ2n) is 6.57. The van der Waals surface area contributed by atoms with Gasteiger partial charge in [0.1, 0.15) is 0 Å². The first-order valence-corrected chi connectivity index (χ1v) is 8.89. The van der Waals surface area contributed by atoms with Crippen molar-refractivity contribution in [3.05, 3.63) is 59.2 Å². The van der Waals surface area contributed by atoms with Crippen molar-refractivity contribution in [3.8, 4) is 0 Å². The fourth-order valence-corrected chi connectivity index (χ4v) is 3.18. The monoisotopic (exact) mass is 384 g/mol. The first-order valence-electron chi connectivity index (χ1n) is 8.51. The summed E-state index contributed by atoms with van der Waals surface area (Å²) in [4.78, 5) is 29.2. The highest BCUT2D eigenvalue weighted by Gasteiger charge is 2.12. The van der Waals surface area contributed by atoms with E-state index in [1.165, 1.54) is 0 Å². The van der Waals surface area contributed by atoms with Gasteiger partial charge in [-0.25, -0.2) is 0 Å². The first-order chi connectivity index (χ1) is 12.9. The standard InChI is InChI=1S/C20H21ClN4O2/c1-25(2)12-19(27)24-15-6-3-5-14(10-15)23-18(26)9-13-11-22-17-8-4-7-16(21)20(13)17/h3-8,10-11,22H,9,12H2,1-2H3,(H,23,26)(H,24,27). The van der Waals surface area contributed by atoms with Crippen LogP contribution in [0, 0.1) is 0 Å². The van der Waals surface area contributed by atoms with Gasteiger partial charge in [0.2, 0.25) is 11.8 Å². The van der Waals surface area contributed by atoms with E-state index in [9.17, 15) is 9.59 Å². The Morgan fingerprint density at radius 2 is 1.70 bits per heavy atom. The highest BCUT2D eigenvalue weighted by Crippen LogP contribution is 2.27. The average molecular weight is 385 g/mol. The molecule has 1 heterocycles. The number of rotatable bonds is 6. The van der Waals surface area contributed by atoms with E-state index in [-0.39, 0.29) is 24.8 Å². The molecule has 27 heavy (non-hydrogen) atoms. The van der Waals surface area contributed by atoms with Crippen LogP contribution in [-0.4, -0.2) is 42.3 Å². The molecule has 3 N–H and O–H groups in total. The van der Waals surface area contributed by atoms with Gasteiger partial charge >= 0.3 is 0 Å². The molecule has 6 nitrogen and oxygen atoms in total. The molecule has 140 valence electrons. The zero-order valence-corrected chi connectivity index (χ0v) is 15.9. The summed E-state index contributed by atoms with van der Waals surface area (Å²) in [7, 11) is 3.65. The summed E-state index contributed by atoms with van der Waals surface area (Å²) in [6.07, 6.45) is 2.00. The van der Waals surface area contributed by atoms with Crippen LogP contribution in [0.2, 0.25) is 5.02 Å². The van der Waals surface area contributed by atoms with Crippen molar-refractivity contribution >= 4 is 45.7 Å². The predicted octanol–water partition coefficient (Wildman–Crippen LogP) is 3.50. The summed E-state index contributed by atoms with van der Waals surface area (Å²) in [5, 5.41) is 7.14. The molecule has 0 fully saturated rings. The van der Waals surface area contributed by atoms with Gasteiger partial charge in [-0.05, 0) is 50.0 Å². The molecular formula is C20H21ClN4O2. The molecule has 0 aliphatic rings. The molecule has 3 rings (SSSR count). The van der Waals surface area contributed by atoms with Gasteiger partial charge in [-0.1, -0.05) is 23.7 Å². The average Bonchev–Trinajstić information content (AvgIpc) is 2.98. The van der Waals surface area contributed by atoms with Gasteiger partial charge in [-0.15, -0.1) is 0 Å². The maximum absolute atomic E-state index is 12.5. The Kier molecular flexibility index (Phi) is 5.78. The molecule has 0 bridgehead atoms. The third-order valence-corrected chi connectivity index (χ3v) is 4.29. The fourth-order valence-electron chi connectivity index (χ4n) is 2.89. The number of nitrogens with one attached hydrogen (secondary N) is 3. The van der Waals surface area contributed by atoms with Crippen LogP contribution in [0.25, 0.3) is 10.9 Å². The molecule has 0 aliphatic heterocycles. The molecule has 1 aromatic heterocycles. The Morgan fingerprint density at radius 3 is 2.41 bits per heavy atom. The summed E-state index contributed by atoms with van der Waals surface area (Å²) in [6, 6.07) is 12.7. The molecule has 0 spiro atoms. The minimum absolute atomic E-state index is 0.114. The number of fused-ring (bicyclic) bond motifs is 1. The predicted molar refractivity (Wildman–Crippen MR) is 109 cm³/mol. The summed E-state index contributed by atoms with van der Waals surface area (Å²) < 4.78 is 0. The van der Waals surface area contributed by atoms with Crippen molar-refractivity contribution in [3.63, 3.8) is 0 Å². The van der Waals surface area contributed by atoms with Crippen molar-refractivity contribution in [1.82, 2.24) is 9.88 Å². The van der Waals surface area contributed by atoms with E-state index in [1.807, 2.05) is 26.2 Å². The van der Waals surface area contributed by atoms with E-state index in [0.717, 1.165) is 16.5 Å². The second kappa shape index (κ2) is 8.24. The van der Waals surface area contributed by atoms with E-state index in [1.54, 1.807) is 41.4 Å². The van der Waals surface area contributed by atoms with Crippen molar-refractivity contribution in [1.29, 1.82) is 0 Å². The normalized spacial score (nSPS) is 11.0. The van der Waals surface area contributed by atoms with Crippen LogP contribution >= 0.6 is 11.6 Å². The highest BCUT2D eigenvalue weighted by atomic mass is 35.5. The Labute approximate surface area is 162 Å². The molecular weight excluding hydrogens is 364 g/mol. The molecule has 0 radical (unpaired) electrons. The van der Waals surface area contributed by atoms with Crippen molar-refractivity contribution < 1.29 is 9.59 Å². The number of carbonyl (C=O) groups is 2. The number of aromatic amines is 1. The molecule has 0 saturated carbocycles. The number of benzene rings is 2. The highest BCUT2D eigenvalue weighted by molar-refractivity contribution is 6.35. The number of hydrogen-bond acceptors (Lipinski definition) is 3. The van der Waals surface area contributed by atoms with Gasteiger partial charge in [0.15, 0.2) is 0 Å². The van der Waals surface area contributed by atoms with Crippen LogP contribution < -0.4 is 10.6 Å². The lowest BCUT2D eigenvalue weighted by atomic mass is 10.1. The van der Waals surface area contributed by atoms with Crippen LogP contribution in [0.4, 0.5) is 11.4 Å². The summed E-state index contributed by atoms with van der Waals surface area (Å²) >= 11 is 6.26. The van der Waals surface area contributed by atoms with Crippen LogP contribution in [0.3, 0.4) is 0 Å². The zero-order chi connectivity index (χ0) is 19.4. The van der Waals surface area contributed by atoms with Gasteiger partial charge in [0.25, 0.3) is 0 Å². The number of hydrogen-bond donors (Lipinski definition) is 3. The summed E-state index contributed by atoms with van der Waals surface area (Å²) in [6.45, 7) is 0.290. The first kappa shape index (κ1) is 18.9. The largest absolute Gasteiger partial charge is 0.361 e. The SMILES string of the molecule is CN(C)CC(=O)Nc1cccc(NC(=O)Cc2c[nH]c3cccc(Cl)c23)c1. The van der Waals surface area contributed by atoms with Crippen LogP contribution in [0.5, 0.6) is 0 Å². The Morgan fingerprint density at radius 1 is 1.04 bits per heavy atom. The summed E-state index contributed by atoms with van der Waals surface area (Å²) in [5.74, 6) is -0.274. The van der Waals surface area contributed by atoms with Crippen LogP contribution in [0.15, 0.2) is 48.7 Å². The number of H-pyrrole nitrogens is 1. The van der Waals surface area contributed by atoms with Crippen molar-refractivity contribution in [2.24, 2.45) is 0 Å². The minimum Gasteiger partial charge on any atom is -0.361 e. The number of nitrogens with zero attached hydrogens (tertiary/aromatic N) is 1. The quantitative estimate of drug-likeness (QED) is 0.608. The number of aromatic nitrogens is 1. The lowest BCUT2D eigenvalue weighted by molar-refractivity contribution is -0.117. The van der Waals surface area contributed by atoms with Crippen molar-refractivity contribution in [2.45, 2.75) is 6.42 Å². The van der Waals surface area contributed by atoms with Gasteiger partial charge in [0, 0.05) is 28.5 Å². The smallest absolute Gasteiger partial charge is 0.238 e. The van der Waals surface area contributed by atoms with E-state index >= 15 is 0 Å².